The lowest BCUT2D eigenvalue weighted by Gasteiger charge is -2.40. The summed E-state index contributed by atoms with van der Waals surface area (Å²) in [5.74, 6) is 0. The summed E-state index contributed by atoms with van der Waals surface area (Å²) in [6.45, 7) is 17.3. The average Bonchev–Trinajstić information content (AvgIpc) is 2.55. The van der Waals surface area contributed by atoms with Gasteiger partial charge in [0.15, 0.2) is 12.4 Å². The maximum Gasteiger partial charge on any atom is 0.168 e. The highest BCUT2D eigenvalue weighted by atomic mass is 14.9. The van der Waals surface area contributed by atoms with E-state index in [4.69, 9.17) is 0 Å². The largest absolute Gasteiger partial charge is 0.309 e. The van der Waals surface area contributed by atoms with Gasteiger partial charge in [-0.1, -0.05) is 78.8 Å². The number of nitrogens with zero attached hydrogens (tertiary/aromatic N) is 1. The van der Waals surface area contributed by atoms with Gasteiger partial charge in [-0.3, -0.25) is 0 Å². The highest BCUT2D eigenvalue weighted by Gasteiger charge is 2.34. The minimum Gasteiger partial charge on any atom is -0.309 e. The minimum absolute atomic E-state index is 0.0858. The normalized spacial score (nSPS) is 16.0. The quantitative estimate of drug-likeness (QED) is 0.659. The van der Waals surface area contributed by atoms with Crippen LogP contribution in [-0.4, -0.2) is 6.54 Å². The molecule has 0 aliphatic rings. The number of pyridine rings is 1. The molecule has 148 valence electrons. The van der Waals surface area contributed by atoms with E-state index < -0.39 is 0 Å². The highest BCUT2D eigenvalue weighted by molar-refractivity contribution is 5.26. The molecule has 0 radical (unpaired) electrons. The number of nitrogens with one attached hydrogen (secondary N) is 1. The highest BCUT2D eigenvalue weighted by Crippen LogP contribution is 2.38. The van der Waals surface area contributed by atoms with Gasteiger partial charge in [-0.15, -0.1) is 0 Å². The Morgan fingerprint density at radius 3 is 1.89 bits per heavy atom. The third-order valence-electron chi connectivity index (χ3n) is 5.29. The van der Waals surface area contributed by atoms with E-state index in [-0.39, 0.29) is 16.2 Å². The van der Waals surface area contributed by atoms with Crippen molar-refractivity contribution < 1.29 is 4.57 Å². The summed E-state index contributed by atoms with van der Waals surface area (Å²) in [5.41, 5.74) is 3.26. The number of rotatable bonds is 6. The summed E-state index contributed by atoms with van der Waals surface area (Å²) < 4.78 is 2.09. The van der Waals surface area contributed by atoms with Gasteiger partial charge in [-0.25, -0.2) is 4.57 Å². The predicted molar refractivity (Wildman–Crippen MR) is 116 cm³/mol. The van der Waals surface area contributed by atoms with Crippen molar-refractivity contribution in [2.24, 2.45) is 17.9 Å². The Morgan fingerprint density at radius 2 is 1.41 bits per heavy atom. The van der Waals surface area contributed by atoms with Gasteiger partial charge in [-0.2, -0.15) is 0 Å². The molecule has 0 saturated heterocycles. The van der Waals surface area contributed by atoms with Crippen LogP contribution in [0, 0.1) is 10.8 Å². The van der Waals surface area contributed by atoms with Crippen LogP contribution in [0.1, 0.15) is 72.1 Å². The van der Waals surface area contributed by atoms with E-state index in [2.05, 4.69) is 120 Å². The SMILES string of the molecule is C[n+]1ccc(C(NCC(C)(CC(C)(C)C)c2ccccc2)C(C)(C)C)cc1. The van der Waals surface area contributed by atoms with Gasteiger partial charge in [0.25, 0.3) is 0 Å². The van der Waals surface area contributed by atoms with Crippen molar-refractivity contribution in [1.82, 2.24) is 5.32 Å². The van der Waals surface area contributed by atoms with Crippen molar-refractivity contribution in [1.29, 1.82) is 0 Å². The Kier molecular flexibility index (Phi) is 6.52. The molecule has 0 aliphatic heterocycles. The van der Waals surface area contributed by atoms with Gasteiger partial charge in [0.1, 0.15) is 7.05 Å². The van der Waals surface area contributed by atoms with Gasteiger partial charge >= 0.3 is 0 Å². The fourth-order valence-corrected chi connectivity index (χ4v) is 4.23. The molecule has 0 aliphatic carbocycles. The van der Waals surface area contributed by atoms with Crippen molar-refractivity contribution in [3.8, 4) is 0 Å². The molecule has 27 heavy (non-hydrogen) atoms. The second-order valence-corrected chi connectivity index (χ2v) is 10.6. The number of hydrogen-bond acceptors (Lipinski definition) is 1. The van der Waals surface area contributed by atoms with Crippen LogP contribution in [0.4, 0.5) is 0 Å². The van der Waals surface area contributed by atoms with Crippen LogP contribution in [0.25, 0.3) is 0 Å². The molecule has 2 aromatic rings. The molecule has 2 nitrogen and oxygen atoms in total. The summed E-state index contributed by atoms with van der Waals surface area (Å²) in [7, 11) is 2.07. The summed E-state index contributed by atoms with van der Waals surface area (Å²) in [6.07, 6.45) is 5.42. The first-order valence-corrected chi connectivity index (χ1v) is 10.1. The second kappa shape index (κ2) is 8.14. The van der Waals surface area contributed by atoms with E-state index >= 15 is 0 Å². The van der Waals surface area contributed by atoms with E-state index in [0.717, 1.165) is 13.0 Å². The Labute approximate surface area is 167 Å². The first-order valence-electron chi connectivity index (χ1n) is 10.1. The zero-order valence-corrected chi connectivity index (χ0v) is 18.6. The first kappa shape index (κ1) is 21.6. The van der Waals surface area contributed by atoms with Crippen LogP contribution in [0.2, 0.25) is 0 Å². The molecule has 1 aromatic heterocycles. The lowest BCUT2D eigenvalue weighted by molar-refractivity contribution is -0.671. The lowest BCUT2D eigenvalue weighted by Crippen LogP contribution is -2.43. The standard InChI is InChI=1S/C25H39N2/c1-23(2,3)18-25(7,21-12-10-9-11-13-21)19-26-22(24(4,5)6)20-14-16-27(8)17-15-20/h9-17,22,26H,18-19H2,1-8H3/q+1. The minimum atomic E-state index is 0.0858. The van der Waals surface area contributed by atoms with Crippen molar-refractivity contribution in [2.75, 3.05) is 6.54 Å². The lowest BCUT2D eigenvalue weighted by atomic mass is 9.70. The summed E-state index contributed by atoms with van der Waals surface area (Å²) in [6, 6.07) is 15.8. The van der Waals surface area contributed by atoms with Gasteiger partial charge in [0.05, 0.1) is 0 Å². The number of benzene rings is 1. The van der Waals surface area contributed by atoms with Crippen molar-refractivity contribution in [3.63, 3.8) is 0 Å². The third-order valence-corrected chi connectivity index (χ3v) is 5.29. The first-order chi connectivity index (χ1) is 12.4. The number of aromatic nitrogens is 1. The van der Waals surface area contributed by atoms with Crippen molar-refractivity contribution in [3.05, 3.63) is 66.0 Å². The molecule has 0 spiro atoms. The molecule has 0 fully saturated rings. The van der Waals surface area contributed by atoms with Crippen molar-refractivity contribution in [2.45, 2.75) is 66.3 Å². The molecular formula is C25H39N2+. The molecule has 2 rings (SSSR count). The molecule has 2 atom stereocenters. The smallest absolute Gasteiger partial charge is 0.168 e. The molecular weight excluding hydrogens is 328 g/mol. The van der Waals surface area contributed by atoms with Gasteiger partial charge in [0.2, 0.25) is 0 Å². The Hall–Kier alpha value is -1.67. The maximum atomic E-state index is 3.95. The van der Waals surface area contributed by atoms with Gasteiger partial charge in [0, 0.05) is 30.1 Å². The Morgan fingerprint density at radius 1 is 0.852 bits per heavy atom. The van der Waals surface area contributed by atoms with Crippen LogP contribution in [0.15, 0.2) is 54.9 Å². The Balaban J connectivity index is 2.31. The zero-order valence-electron chi connectivity index (χ0n) is 18.6. The molecule has 0 bridgehead atoms. The molecule has 1 heterocycles. The molecule has 2 heteroatoms. The van der Waals surface area contributed by atoms with E-state index in [1.807, 2.05) is 0 Å². The van der Waals surface area contributed by atoms with Crippen LogP contribution < -0.4 is 9.88 Å². The van der Waals surface area contributed by atoms with Crippen LogP contribution in [0.5, 0.6) is 0 Å². The number of hydrogen-bond donors (Lipinski definition) is 1. The molecule has 2 unspecified atom stereocenters. The number of aryl methyl sites for hydroxylation is 1. The summed E-state index contributed by atoms with van der Waals surface area (Å²) in [4.78, 5) is 0. The van der Waals surface area contributed by atoms with Gasteiger partial charge < -0.3 is 5.32 Å². The van der Waals surface area contributed by atoms with Crippen LogP contribution in [0.3, 0.4) is 0 Å². The molecule has 1 aromatic carbocycles. The van der Waals surface area contributed by atoms with E-state index in [1.54, 1.807) is 0 Å². The van der Waals surface area contributed by atoms with E-state index in [9.17, 15) is 0 Å². The Bertz CT molecular complexity index is 705. The van der Waals surface area contributed by atoms with E-state index in [1.165, 1.54) is 11.1 Å². The molecule has 1 N–H and O–H groups in total. The molecule has 0 amide bonds. The van der Waals surface area contributed by atoms with Crippen molar-refractivity contribution >= 4 is 0 Å². The van der Waals surface area contributed by atoms with Gasteiger partial charge in [-0.05, 0) is 28.4 Å². The fourth-order valence-electron chi connectivity index (χ4n) is 4.23. The van der Waals surface area contributed by atoms with Crippen LogP contribution >= 0.6 is 0 Å². The maximum absolute atomic E-state index is 3.95. The topological polar surface area (TPSA) is 15.9 Å². The summed E-state index contributed by atoms with van der Waals surface area (Å²) in [5, 5.41) is 3.95. The predicted octanol–water partition coefficient (Wildman–Crippen LogP) is 5.58. The zero-order chi connectivity index (χ0) is 20.3. The molecule has 0 saturated carbocycles. The fraction of sp³-hybridized carbons (Fsp3) is 0.560. The average molecular weight is 368 g/mol. The second-order valence-electron chi connectivity index (χ2n) is 10.6. The third kappa shape index (κ3) is 6.17. The van der Waals surface area contributed by atoms with Crippen LogP contribution in [-0.2, 0) is 12.5 Å². The summed E-state index contributed by atoms with van der Waals surface area (Å²) >= 11 is 0. The van der Waals surface area contributed by atoms with E-state index in [0.29, 0.717) is 6.04 Å². The monoisotopic (exact) mass is 367 g/mol.